The van der Waals surface area contributed by atoms with Gasteiger partial charge < -0.3 is 5.32 Å². The van der Waals surface area contributed by atoms with Gasteiger partial charge >= 0.3 is 0 Å². The third-order valence-electron chi connectivity index (χ3n) is 2.41. The van der Waals surface area contributed by atoms with Crippen LogP contribution in [0.4, 0.5) is 0 Å². The fourth-order valence-corrected chi connectivity index (χ4v) is 1.75. The summed E-state index contributed by atoms with van der Waals surface area (Å²) in [5.74, 6) is 0.683. The Morgan fingerprint density at radius 3 is 2.71 bits per heavy atom. The Labute approximate surface area is 91.5 Å². The van der Waals surface area contributed by atoms with Crippen molar-refractivity contribution in [2.45, 2.75) is 19.8 Å². The monoisotopic (exact) mass is 211 g/mol. The van der Waals surface area contributed by atoms with Crippen LogP contribution < -0.4 is 5.32 Å². The van der Waals surface area contributed by atoms with Crippen LogP contribution >= 0.6 is 11.6 Å². The summed E-state index contributed by atoms with van der Waals surface area (Å²) >= 11 is 6.09. The smallest absolute Gasteiger partial charge is 0.0438 e. The lowest BCUT2D eigenvalue weighted by molar-refractivity contribution is 0.515. The van der Waals surface area contributed by atoms with Crippen LogP contribution in [-0.2, 0) is 6.42 Å². The fraction of sp³-hybridized carbons (Fsp3) is 0.500. The average Bonchev–Trinajstić information content (AvgIpc) is 2.18. The van der Waals surface area contributed by atoms with E-state index in [2.05, 4.69) is 18.3 Å². The molecule has 0 aromatic heterocycles. The van der Waals surface area contributed by atoms with E-state index in [9.17, 15) is 0 Å². The van der Waals surface area contributed by atoms with Gasteiger partial charge in [-0.05, 0) is 44.0 Å². The fourth-order valence-electron chi connectivity index (χ4n) is 1.53. The van der Waals surface area contributed by atoms with Crippen molar-refractivity contribution in [1.82, 2.24) is 5.32 Å². The van der Waals surface area contributed by atoms with Crippen molar-refractivity contribution in [1.29, 1.82) is 0 Å². The average molecular weight is 212 g/mol. The van der Waals surface area contributed by atoms with Gasteiger partial charge in [0.15, 0.2) is 0 Å². The summed E-state index contributed by atoms with van der Waals surface area (Å²) in [4.78, 5) is 0. The normalized spacial score (nSPS) is 12.8. The Kier molecular flexibility index (Phi) is 4.99. The van der Waals surface area contributed by atoms with E-state index in [4.69, 9.17) is 11.6 Å². The molecule has 14 heavy (non-hydrogen) atoms. The van der Waals surface area contributed by atoms with Gasteiger partial charge in [0, 0.05) is 5.02 Å². The molecule has 78 valence electrons. The minimum Gasteiger partial charge on any atom is -0.320 e. The summed E-state index contributed by atoms with van der Waals surface area (Å²) in [6, 6.07) is 8.09. The molecule has 1 unspecified atom stereocenters. The first-order valence-electron chi connectivity index (χ1n) is 5.12. The molecule has 0 heterocycles. The Morgan fingerprint density at radius 1 is 1.36 bits per heavy atom. The Hall–Kier alpha value is -0.530. The Morgan fingerprint density at radius 2 is 2.07 bits per heavy atom. The van der Waals surface area contributed by atoms with Crippen LogP contribution in [-0.4, -0.2) is 13.6 Å². The molecule has 1 aromatic rings. The van der Waals surface area contributed by atoms with Crippen molar-refractivity contribution < 1.29 is 0 Å². The zero-order valence-electron chi connectivity index (χ0n) is 8.89. The zero-order valence-corrected chi connectivity index (χ0v) is 9.64. The molecule has 0 saturated carbocycles. The lowest BCUT2D eigenvalue weighted by Gasteiger charge is -2.11. The van der Waals surface area contributed by atoms with Crippen LogP contribution in [0.2, 0.25) is 5.02 Å². The van der Waals surface area contributed by atoms with Crippen LogP contribution in [0.25, 0.3) is 0 Å². The van der Waals surface area contributed by atoms with E-state index in [1.165, 1.54) is 12.0 Å². The largest absolute Gasteiger partial charge is 0.320 e. The van der Waals surface area contributed by atoms with E-state index in [0.717, 1.165) is 18.0 Å². The quantitative estimate of drug-likeness (QED) is 0.789. The second-order valence-corrected chi connectivity index (χ2v) is 4.20. The first kappa shape index (κ1) is 11.5. The molecule has 0 aliphatic carbocycles. The zero-order chi connectivity index (χ0) is 10.4. The van der Waals surface area contributed by atoms with Crippen molar-refractivity contribution in [2.24, 2.45) is 5.92 Å². The maximum absolute atomic E-state index is 6.09. The predicted molar refractivity (Wildman–Crippen MR) is 62.9 cm³/mol. The van der Waals surface area contributed by atoms with E-state index in [-0.39, 0.29) is 0 Å². The standard InChI is InChI=1S/C12H18ClN/c1-10(7-8-14-2)9-11-5-3-4-6-12(11)13/h3-6,10,14H,7-9H2,1-2H3. The Balaban J connectivity index is 2.47. The van der Waals surface area contributed by atoms with Gasteiger partial charge in [-0.25, -0.2) is 0 Å². The third-order valence-corrected chi connectivity index (χ3v) is 2.78. The van der Waals surface area contributed by atoms with Crippen LogP contribution in [0.15, 0.2) is 24.3 Å². The van der Waals surface area contributed by atoms with Gasteiger partial charge in [-0.1, -0.05) is 36.7 Å². The highest BCUT2D eigenvalue weighted by Crippen LogP contribution is 2.19. The maximum Gasteiger partial charge on any atom is 0.0438 e. The van der Waals surface area contributed by atoms with Crippen LogP contribution in [0.1, 0.15) is 18.9 Å². The van der Waals surface area contributed by atoms with Crippen LogP contribution in [0, 0.1) is 5.92 Å². The summed E-state index contributed by atoms with van der Waals surface area (Å²) in [5, 5.41) is 4.06. The summed E-state index contributed by atoms with van der Waals surface area (Å²) in [6.07, 6.45) is 2.27. The number of hydrogen-bond acceptors (Lipinski definition) is 1. The lowest BCUT2D eigenvalue weighted by atomic mass is 9.98. The molecular formula is C12H18ClN. The molecule has 1 nitrogen and oxygen atoms in total. The highest BCUT2D eigenvalue weighted by molar-refractivity contribution is 6.31. The SMILES string of the molecule is CNCCC(C)Cc1ccccc1Cl. The molecule has 0 aliphatic rings. The molecule has 1 rings (SSSR count). The van der Waals surface area contributed by atoms with Gasteiger partial charge in [-0.2, -0.15) is 0 Å². The minimum absolute atomic E-state index is 0.683. The van der Waals surface area contributed by atoms with E-state index < -0.39 is 0 Å². The van der Waals surface area contributed by atoms with Gasteiger partial charge in [0.25, 0.3) is 0 Å². The molecule has 0 saturated heterocycles. The number of hydrogen-bond donors (Lipinski definition) is 1. The van der Waals surface area contributed by atoms with E-state index >= 15 is 0 Å². The molecule has 0 aliphatic heterocycles. The first-order chi connectivity index (χ1) is 6.74. The number of halogens is 1. The second kappa shape index (κ2) is 6.05. The van der Waals surface area contributed by atoms with Crippen molar-refractivity contribution >= 4 is 11.6 Å². The molecule has 2 heteroatoms. The number of benzene rings is 1. The molecule has 1 N–H and O–H groups in total. The molecule has 1 aromatic carbocycles. The number of nitrogens with one attached hydrogen (secondary N) is 1. The molecular weight excluding hydrogens is 194 g/mol. The highest BCUT2D eigenvalue weighted by atomic mass is 35.5. The van der Waals surface area contributed by atoms with Gasteiger partial charge in [0.1, 0.15) is 0 Å². The van der Waals surface area contributed by atoms with Crippen molar-refractivity contribution in [3.05, 3.63) is 34.9 Å². The second-order valence-electron chi connectivity index (χ2n) is 3.79. The van der Waals surface area contributed by atoms with Gasteiger partial charge in [0.2, 0.25) is 0 Å². The van der Waals surface area contributed by atoms with Crippen LogP contribution in [0.5, 0.6) is 0 Å². The third kappa shape index (κ3) is 3.69. The summed E-state index contributed by atoms with van der Waals surface area (Å²) in [5.41, 5.74) is 1.26. The molecule has 0 radical (unpaired) electrons. The Bertz CT molecular complexity index is 273. The molecule has 0 spiro atoms. The van der Waals surface area contributed by atoms with Crippen molar-refractivity contribution in [2.75, 3.05) is 13.6 Å². The van der Waals surface area contributed by atoms with E-state index in [1.807, 2.05) is 25.2 Å². The highest BCUT2D eigenvalue weighted by Gasteiger charge is 2.05. The van der Waals surface area contributed by atoms with Crippen molar-refractivity contribution in [3.8, 4) is 0 Å². The molecule has 0 amide bonds. The van der Waals surface area contributed by atoms with Gasteiger partial charge in [-0.3, -0.25) is 0 Å². The van der Waals surface area contributed by atoms with E-state index in [1.54, 1.807) is 0 Å². The maximum atomic E-state index is 6.09. The number of rotatable bonds is 5. The van der Waals surface area contributed by atoms with E-state index in [0.29, 0.717) is 5.92 Å². The first-order valence-corrected chi connectivity index (χ1v) is 5.50. The summed E-state index contributed by atoms with van der Waals surface area (Å²) < 4.78 is 0. The molecule has 1 atom stereocenters. The summed E-state index contributed by atoms with van der Waals surface area (Å²) in [7, 11) is 1.99. The van der Waals surface area contributed by atoms with Crippen molar-refractivity contribution in [3.63, 3.8) is 0 Å². The molecule has 0 fully saturated rings. The summed E-state index contributed by atoms with van der Waals surface area (Å²) in [6.45, 7) is 3.34. The minimum atomic E-state index is 0.683. The topological polar surface area (TPSA) is 12.0 Å². The molecule has 0 bridgehead atoms. The van der Waals surface area contributed by atoms with Gasteiger partial charge in [0.05, 0.1) is 0 Å². The van der Waals surface area contributed by atoms with Crippen LogP contribution in [0.3, 0.4) is 0 Å². The predicted octanol–water partition coefficient (Wildman–Crippen LogP) is 3.13. The van der Waals surface area contributed by atoms with Gasteiger partial charge in [-0.15, -0.1) is 0 Å². The lowest BCUT2D eigenvalue weighted by Crippen LogP contribution is -2.12.